The average Bonchev–Trinajstić information content (AvgIpc) is 3.03. The number of benzene rings is 4. The predicted molar refractivity (Wildman–Crippen MR) is 148 cm³/mol. The Morgan fingerprint density at radius 3 is 1.02 bits per heavy atom. The van der Waals surface area contributed by atoms with Gasteiger partial charge in [-0.25, -0.2) is 52.3 Å². The average molecular weight is 699 g/mol. The first-order valence-corrected chi connectivity index (χ1v) is 14.4. The van der Waals surface area contributed by atoms with E-state index in [4.69, 9.17) is 23.2 Å². The number of hydrogen-bond acceptors (Lipinski definition) is 2. The zero-order chi connectivity index (χ0) is 33.5. The van der Waals surface area contributed by atoms with E-state index in [-0.39, 0.29) is 23.3 Å². The van der Waals surface area contributed by atoms with Gasteiger partial charge in [0.1, 0.15) is 10.0 Å². The molecule has 2 unspecified atom stereocenters. The summed E-state index contributed by atoms with van der Waals surface area (Å²) in [6.07, 6.45) is 0.375. The van der Waals surface area contributed by atoms with Crippen LogP contribution >= 0.6 is 23.2 Å². The minimum Gasteiger partial charge on any atom is -0.221 e. The van der Waals surface area contributed by atoms with Crippen LogP contribution < -0.4 is 0 Å². The van der Waals surface area contributed by atoms with Crippen molar-refractivity contribution in [1.29, 1.82) is 0 Å². The summed E-state index contributed by atoms with van der Waals surface area (Å²) in [6.45, 7) is 0. The molecule has 0 N–H and O–H groups in total. The largest absolute Gasteiger partial charge is 0.264 e. The van der Waals surface area contributed by atoms with Gasteiger partial charge in [0.25, 0.3) is 10.0 Å². The highest BCUT2D eigenvalue weighted by Crippen LogP contribution is 2.52. The molecule has 0 heterocycles. The van der Waals surface area contributed by atoms with Crippen molar-refractivity contribution in [2.75, 3.05) is 0 Å². The molecule has 2 nitrogen and oxygen atoms in total. The van der Waals surface area contributed by atoms with Crippen LogP contribution in [0.15, 0.2) is 72.8 Å². The lowest BCUT2D eigenvalue weighted by molar-refractivity contribution is 0.257. The molecule has 0 radical (unpaired) electrons. The van der Waals surface area contributed by atoms with E-state index in [2.05, 4.69) is 0 Å². The highest BCUT2D eigenvalue weighted by atomic mass is 35.5. The van der Waals surface area contributed by atoms with Gasteiger partial charge in [0.2, 0.25) is 9.84 Å². The Morgan fingerprint density at radius 1 is 0.489 bits per heavy atom. The molecule has 0 saturated heterocycles. The summed E-state index contributed by atoms with van der Waals surface area (Å²) < 4.78 is 181. The van der Waals surface area contributed by atoms with Crippen LogP contribution in [0.2, 0.25) is 10.0 Å². The quantitative estimate of drug-likeness (QED) is 0.104. The Kier molecular flexibility index (Phi) is 9.49. The van der Waals surface area contributed by atoms with Gasteiger partial charge < -0.3 is 0 Å². The van der Waals surface area contributed by atoms with E-state index in [9.17, 15) is 26.0 Å². The Bertz CT molecular complexity index is 1760. The molecular weight excluding hydrogens is 685 g/mol. The molecule has 2 atom stereocenters. The van der Waals surface area contributed by atoms with Crippen molar-refractivity contribution in [3.63, 3.8) is 0 Å². The van der Waals surface area contributed by atoms with E-state index in [0.29, 0.717) is 12.2 Å². The fraction of sp³-hybridized carbons (Fsp3) is 0.0667. The molecule has 0 fully saturated rings. The van der Waals surface area contributed by atoms with Gasteiger partial charge in [-0.1, -0.05) is 96.0 Å². The molecule has 0 aliphatic heterocycles. The Balaban J connectivity index is 2.20. The second-order valence-corrected chi connectivity index (χ2v) is 12.1. The van der Waals surface area contributed by atoms with Crippen molar-refractivity contribution in [2.45, 2.75) is 10.0 Å². The molecule has 15 heteroatoms. The highest BCUT2D eigenvalue weighted by Gasteiger charge is 2.63. The first-order chi connectivity index (χ1) is 21.0. The minimum absolute atomic E-state index is 0.143. The summed E-state index contributed by atoms with van der Waals surface area (Å²) in [5, 5.41) is -14.1. The first kappa shape index (κ1) is 34.1. The van der Waals surface area contributed by atoms with E-state index < -0.39 is 87.5 Å². The minimum atomic E-state index is -7.11. The van der Waals surface area contributed by atoms with Crippen molar-refractivity contribution < 1.29 is 52.3 Å². The molecule has 236 valence electrons. The highest BCUT2D eigenvalue weighted by molar-refractivity contribution is 7.93. The number of sulfone groups is 1. The van der Waals surface area contributed by atoms with Gasteiger partial charge >= 0.3 is 0 Å². The number of hydrogen-bond donors (Lipinski definition) is 0. The lowest BCUT2D eigenvalue weighted by atomic mass is 10.0. The number of rotatable bonds is 8. The topological polar surface area (TPSA) is 34.1 Å². The molecule has 0 amide bonds. The van der Waals surface area contributed by atoms with Crippen LogP contribution in [0.4, 0.5) is 43.9 Å². The fourth-order valence-corrected chi connectivity index (χ4v) is 6.33. The molecule has 0 aliphatic carbocycles. The summed E-state index contributed by atoms with van der Waals surface area (Å²) in [7, 11) is -7.11. The molecule has 0 bridgehead atoms. The normalized spacial score (nSPS) is 15.0. The second kappa shape index (κ2) is 12.5. The van der Waals surface area contributed by atoms with E-state index in [1.165, 1.54) is 60.7 Å². The van der Waals surface area contributed by atoms with Gasteiger partial charge in [-0.05, 0) is 23.3 Å². The van der Waals surface area contributed by atoms with E-state index >= 15 is 26.3 Å². The lowest BCUT2D eigenvalue weighted by Gasteiger charge is -2.32. The van der Waals surface area contributed by atoms with Gasteiger partial charge in [0.05, 0.1) is 11.1 Å². The summed E-state index contributed by atoms with van der Waals surface area (Å²) in [5.74, 6) is -21.2. The molecular formula is C30H14Cl2F10O2S. The monoisotopic (exact) mass is 698 g/mol. The van der Waals surface area contributed by atoms with E-state index in [1.54, 1.807) is 0 Å². The predicted octanol–water partition coefficient (Wildman–Crippen LogP) is 9.89. The lowest BCUT2D eigenvalue weighted by Crippen LogP contribution is -2.44. The van der Waals surface area contributed by atoms with Gasteiger partial charge in [-0.2, -0.15) is 0 Å². The third-order valence-corrected chi connectivity index (χ3v) is 9.37. The van der Waals surface area contributed by atoms with Crippen molar-refractivity contribution in [2.24, 2.45) is 0 Å². The van der Waals surface area contributed by atoms with Crippen LogP contribution in [0.1, 0.15) is 22.3 Å². The van der Waals surface area contributed by atoms with Crippen LogP contribution in [0.5, 0.6) is 0 Å². The molecule has 0 aliphatic rings. The molecule has 0 spiro atoms. The third kappa shape index (κ3) is 5.61. The van der Waals surface area contributed by atoms with E-state index in [0.717, 1.165) is 0 Å². The molecule has 4 aromatic carbocycles. The van der Waals surface area contributed by atoms with Gasteiger partial charge in [-0.15, -0.1) is 0 Å². The van der Waals surface area contributed by atoms with Crippen LogP contribution in [-0.4, -0.2) is 8.42 Å². The number of halogens is 12. The molecule has 0 aromatic heterocycles. The van der Waals surface area contributed by atoms with Gasteiger partial charge in [0, 0.05) is 0 Å². The van der Waals surface area contributed by atoms with E-state index in [1.807, 2.05) is 0 Å². The van der Waals surface area contributed by atoms with Crippen LogP contribution in [0.3, 0.4) is 0 Å². The molecule has 45 heavy (non-hydrogen) atoms. The van der Waals surface area contributed by atoms with Crippen molar-refractivity contribution >= 4 is 45.2 Å². The molecule has 4 aromatic rings. The van der Waals surface area contributed by atoms with Crippen LogP contribution in [-0.2, 0) is 19.8 Å². The van der Waals surface area contributed by atoms with Crippen molar-refractivity contribution in [3.05, 3.63) is 152 Å². The first-order valence-electron chi connectivity index (χ1n) is 12.2. The fourth-order valence-electron chi connectivity index (χ4n) is 4.17. The number of alkyl halides is 2. The molecule has 0 saturated carbocycles. The van der Waals surface area contributed by atoms with Crippen molar-refractivity contribution in [3.8, 4) is 0 Å². The Labute approximate surface area is 258 Å². The maximum Gasteiger partial charge on any atom is 0.264 e. The summed E-state index contributed by atoms with van der Waals surface area (Å²) in [4.78, 5) is 0. The Morgan fingerprint density at radius 2 is 0.756 bits per heavy atom. The maximum atomic E-state index is 17.2. The maximum absolute atomic E-state index is 17.2. The summed E-state index contributed by atoms with van der Waals surface area (Å²) in [5.41, 5.74) is -5.62. The van der Waals surface area contributed by atoms with Crippen molar-refractivity contribution in [1.82, 2.24) is 0 Å². The smallest absolute Gasteiger partial charge is 0.221 e. The summed E-state index contributed by atoms with van der Waals surface area (Å²) in [6, 6.07) is 12.8. The zero-order valence-corrected chi connectivity index (χ0v) is 24.2. The van der Waals surface area contributed by atoms with Crippen LogP contribution in [0.25, 0.3) is 12.2 Å². The SMILES string of the molecule is O=S(=O)(C(F)(C=Cc1ccccc1)c1c(F)c(F)c(Cl)c(F)c1F)C(F)(C=Cc1ccccc1)c1c(F)c(F)c(Cl)c(F)c1F. The zero-order valence-electron chi connectivity index (χ0n) is 21.8. The third-order valence-electron chi connectivity index (χ3n) is 6.46. The molecule has 4 rings (SSSR count). The van der Waals surface area contributed by atoms with Gasteiger partial charge in [-0.3, -0.25) is 0 Å². The van der Waals surface area contributed by atoms with Gasteiger partial charge in [0.15, 0.2) is 46.5 Å². The Hall–Kier alpha value is -3.81. The standard InChI is InChI=1S/C30H14Cl2F10O2S/c31-19-25(37)21(33)17(22(34)26(19)38)29(41,13-11-15-7-3-1-4-8-15)45(43,44)30(42,14-12-16-9-5-2-6-10-16)18-23(35)27(39)20(32)28(40)24(18)36/h1-14H. The summed E-state index contributed by atoms with van der Waals surface area (Å²) >= 11 is 10.4. The second-order valence-electron chi connectivity index (χ2n) is 9.17. The van der Waals surface area contributed by atoms with Crippen LogP contribution in [0, 0.1) is 46.5 Å².